The highest BCUT2D eigenvalue weighted by Crippen LogP contribution is 2.46. The first-order valence-electron chi connectivity index (χ1n) is 13.0. The lowest BCUT2D eigenvalue weighted by atomic mass is 9.91. The molecule has 0 spiro atoms. The number of aromatic nitrogens is 1. The fraction of sp³-hybridized carbons (Fsp3) is 0.519. The molecule has 1 aromatic carbocycles. The summed E-state index contributed by atoms with van der Waals surface area (Å²) < 4.78 is 73.9. The van der Waals surface area contributed by atoms with Crippen LogP contribution >= 0.6 is 11.6 Å². The number of nitrogens with one attached hydrogen (secondary N) is 2. The highest BCUT2D eigenvalue weighted by molar-refractivity contribution is 7.84. The molecule has 5 N–H and O–H groups in total. The summed E-state index contributed by atoms with van der Waals surface area (Å²) in [7, 11) is -0.389. The largest absolute Gasteiger partial charge is 0.493 e. The van der Waals surface area contributed by atoms with Crippen LogP contribution in [-0.2, 0) is 26.9 Å². The highest BCUT2D eigenvalue weighted by atomic mass is 35.5. The van der Waals surface area contributed by atoms with E-state index in [-0.39, 0.29) is 35.0 Å². The Morgan fingerprint density at radius 1 is 1.21 bits per heavy atom. The summed E-state index contributed by atoms with van der Waals surface area (Å²) in [5, 5.41) is 12.6. The average molecular weight is 653 g/mol. The van der Waals surface area contributed by atoms with Crippen LogP contribution in [0.3, 0.4) is 0 Å². The maximum Gasteiger partial charge on any atom is 0.424 e. The standard InChI is InChI=1S/C25H30ClF3N4O7S.C2H6/c1-22(2,3)41(37)33-23(4)12-40-19-14(23)9-17(32-20(19)26)24(36,25(27,28)29)11-31-21(35)13-6-7-15(16(8-13)38-5)39-10-18(30)34;1-2/h6-9,33,36H,10-12H2,1-5H3,(H2,30,34)(H,31,35);1-2H3. The summed E-state index contributed by atoms with van der Waals surface area (Å²) in [4.78, 5) is 27.5. The molecule has 2 heterocycles. The Kier molecular flexibility index (Phi) is 11.5. The minimum atomic E-state index is -5.31. The molecular weight excluding hydrogens is 617 g/mol. The van der Waals surface area contributed by atoms with E-state index in [1.165, 1.54) is 25.3 Å². The van der Waals surface area contributed by atoms with Crippen LogP contribution < -0.4 is 30.0 Å². The van der Waals surface area contributed by atoms with E-state index in [4.69, 9.17) is 31.5 Å². The Hall–Kier alpha value is -3.14. The monoisotopic (exact) mass is 652 g/mol. The van der Waals surface area contributed by atoms with Gasteiger partial charge in [0.1, 0.15) is 6.61 Å². The van der Waals surface area contributed by atoms with Gasteiger partial charge in [0.25, 0.3) is 11.8 Å². The van der Waals surface area contributed by atoms with Crippen molar-refractivity contribution in [3.63, 3.8) is 0 Å². The van der Waals surface area contributed by atoms with Crippen LogP contribution in [0.1, 0.15) is 63.2 Å². The van der Waals surface area contributed by atoms with Crippen LogP contribution in [0.15, 0.2) is 24.3 Å². The fourth-order valence-electron chi connectivity index (χ4n) is 3.72. The van der Waals surface area contributed by atoms with E-state index in [1.807, 2.05) is 13.8 Å². The van der Waals surface area contributed by atoms with E-state index in [2.05, 4.69) is 15.0 Å². The zero-order valence-electron chi connectivity index (χ0n) is 24.8. The number of amides is 2. The summed E-state index contributed by atoms with van der Waals surface area (Å²) in [6, 6.07) is 4.63. The van der Waals surface area contributed by atoms with Gasteiger partial charge in [0.15, 0.2) is 29.0 Å². The summed E-state index contributed by atoms with van der Waals surface area (Å²) in [5.41, 5.74) is -0.797. The number of methoxy groups -OCH3 is 1. The molecule has 16 heteroatoms. The topological polar surface area (TPSA) is 162 Å². The van der Waals surface area contributed by atoms with E-state index in [1.54, 1.807) is 27.7 Å². The average Bonchev–Trinajstić information content (AvgIpc) is 3.26. The number of nitrogens with two attached hydrogens (primary N) is 1. The Morgan fingerprint density at radius 3 is 2.37 bits per heavy atom. The third-order valence-corrected chi connectivity index (χ3v) is 8.10. The number of hydrogen-bond donors (Lipinski definition) is 4. The molecule has 2 aromatic rings. The van der Waals surface area contributed by atoms with Crippen LogP contribution in [0.4, 0.5) is 13.2 Å². The molecule has 240 valence electrons. The van der Waals surface area contributed by atoms with Crippen molar-refractivity contribution in [1.29, 1.82) is 0 Å². The van der Waals surface area contributed by atoms with Gasteiger partial charge >= 0.3 is 6.18 Å². The molecule has 1 aliphatic heterocycles. The molecule has 3 rings (SSSR count). The summed E-state index contributed by atoms with van der Waals surface area (Å²) in [6.07, 6.45) is -5.31. The number of rotatable bonds is 10. The number of pyridine rings is 1. The van der Waals surface area contributed by atoms with Gasteiger partial charge in [-0.05, 0) is 52.0 Å². The number of primary amides is 1. The molecule has 43 heavy (non-hydrogen) atoms. The maximum absolute atomic E-state index is 14.4. The quantitative estimate of drug-likeness (QED) is 0.284. The summed E-state index contributed by atoms with van der Waals surface area (Å²) in [5.74, 6) is -1.69. The number of carbonyl (C=O) groups is 2. The van der Waals surface area contributed by atoms with Crippen molar-refractivity contribution < 1.29 is 46.3 Å². The van der Waals surface area contributed by atoms with Gasteiger partial charge in [0, 0.05) is 11.1 Å². The van der Waals surface area contributed by atoms with Crippen molar-refractivity contribution in [1.82, 2.24) is 15.0 Å². The molecule has 0 saturated carbocycles. The molecule has 1 aromatic heterocycles. The summed E-state index contributed by atoms with van der Waals surface area (Å²) in [6.45, 7) is 8.79. The number of benzene rings is 1. The lowest BCUT2D eigenvalue weighted by molar-refractivity contribution is -0.265. The molecule has 0 fully saturated rings. The SMILES string of the molecule is CC.COc1cc(C(=O)NCC(O)(c2cc3c(c(Cl)n2)OCC3(C)NS(=O)C(C)(C)C)C(F)(F)F)ccc1OCC(N)=O. The number of halogens is 4. The third kappa shape index (κ3) is 8.08. The molecule has 11 nitrogen and oxygen atoms in total. The fourth-order valence-corrected chi connectivity index (χ4v) is 4.85. The van der Waals surface area contributed by atoms with Crippen molar-refractivity contribution in [3.05, 3.63) is 46.2 Å². The zero-order valence-corrected chi connectivity index (χ0v) is 26.3. The Bertz CT molecular complexity index is 1370. The van der Waals surface area contributed by atoms with Crippen LogP contribution in [0.5, 0.6) is 17.2 Å². The van der Waals surface area contributed by atoms with E-state index < -0.39 is 68.9 Å². The molecule has 0 radical (unpaired) electrons. The number of hydrogen-bond acceptors (Lipinski definition) is 8. The lowest BCUT2D eigenvalue weighted by Crippen LogP contribution is -2.52. The second-order valence-electron chi connectivity index (χ2n) is 10.4. The number of nitrogens with zero attached hydrogens (tertiary/aromatic N) is 1. The van der Waals surface area contributed by atoms with Crippen LogP contribution in [0, 0.1) is 0 Å². The minimum absolute atomic E-state index is 0.0106. The molecule has 1 aliphatic rings. The predicted molar refractivity (Wildman–Crippen MR) is 154 cm³/mol. The van der Waals surface area contributed by atoms with E-state index in [0.29, 0.717) is 0 Å². The van der Waals surface area contributed by atoms with Crippen molar-refractivity contribution >= 4 is 34.4 Å². The first-order valence-corrected chi connectivity index (χ1v) is 14.6. The Balaban J connectivity index is 0.00000316. The Labute approximate surface area is 255 Å². The number of alkyl halides is 3. The summed E-state index contributed by atoms with van der Waals surface area (Å²) >= 11 is 6.18. The van der Waals surface area contributed by atoms with Gasteiger partial charge in [-0.3, -0.25) is 9.59 Å². The first kappa shape index (κ1) is 36.1. The van der Waals surface area contributed by atoms with Crippen molar-refractivity contribution in [2.24, 2.45) is 5.73 Å². The predicted octanol–water partition coefficient (Wildman–Crippen LogP) is 3.47. The molecule has 0 aliphatic carbocycles. The Morgan fingerprint density at radius 2 is 1.84 bits per heavy atom. The first-order chi connectivity index (χ1) is 19.8. The van der Waals surface area contributed by atoms with Crippen molar-refractivity contribution in [3.8, 4) is 17.2 Å². The van der Waals surface area contributed by atoms with Crippen molar-refractivity contribution in [2.75, 3.05) is 26.9 Å². The van der Waals surface area contributed by atoms with Crippen LogP contribution in [0.25, 0.3) is 0 Å². The van der Waals surface area contributed by atoms with Gasteiger partial charge in [-0.1, -0.05) is 25.4 Å². The van der Waals surface area contributed by atoms with Crippen LogP contribution in [-0.4, -0.2) is 63.9 Å². The van der Waals surface area contributed by atoms with Crippen LogP contribution in [0.2, 0.25) is 5.15 Å². The van der Waals surface area contributed by atoms with Crippen molar-refractivity contribution in [2.45, 2.75) is 63.6 Å². The second-order valence-corrected chi connectivity index (χ2v) is 12.8. The molecule has 0 bridgehead atoms. The molecule has 2 amide bonds. The number of ether oxygens (including phenoxy) is 3. The number of aliphatic hydroxyl groups is 1. The molecule has 3 atom stereocenters. The molecular formula is C27H36ClF3N4O7S. The minimum Gasteiger partial charge on any atom is -0.493 e. The maximum atomic E-state index is 14.4. The normalized spacial score (nSPS) is 18.2. The molecule has 3 unspecified atom stereocenters. The lowest BCUT2D eigenvalue weighted by Gasteiger charge is -2.32. The van der Waals surface area contributed by atoms with E-state index >= 15 is 0 Å². The van der Waals surface area contributed by atoms with Gasteiger partial charge in [-0.15, -0.1) is 0 Å². The molecule has 0 saturated heterocycles. The van der Waals surface area contributed by atoms with Gasteiger partial charge in [-0.2, -0.15) is 13.2 Å². The third-order valence-electron chi connectivity index (χ3n) is 6.10. The van der Waals surface area contributed by atoms with E-state index in [9.17, 15) is 32.1 Å². The smallest absolute Gasteiger partial charge is 0.424 e. The van der Waals surface area contributed by atoms with E-state index in [0.717, 1.165) is 6.07 Å². The second kappa shape index (κ2) is 13.7. The number of carbonyl (C=O) groups excluding carboxylic acids is 2. The van der Waals surface area contributed by atoms with Gasteiger partial charge in [0.2, 0.25) is 5.60 Å². The number of fused-ring (bicyclic) bond motifs is 1. The zero-order chi connectivity index (χ0) is 33.0. The van der Waals surface area contributed by atoms with Gasteiger partial charge in [-0.25, -0.2) is 13.9 Å². The van der Waals surface area contributed by atoms with Gasteiger partial charge in [0.05, 0.1) is 40.6 Å². The highest BCUT2D eigenvalue weighted by Gasteiger charge is 2.57. The van der Waals surface area contributed by atoms with Gasteiger partial charge < -0.3 is 30.4 Å².